The lowest BCUT2D eigenvalue weighted by molar-refractivity contribution is -0.143. The second-order valence-corrected chi connectivity index (χ2v) is 6.25. The quantitative estimate of drug-likeness (QED) is 0.344. The van der Waals surface area contributed by atoms with E-state index in [1.54, 1.807) is 4.57 Å². The zero-order valence-electron chi connectivity index (χ0n) is 14.8. The molecule has 0 bridgehead atoms. The average molecular weight is 395 g/mol. The largest absolute Gasteiger partial charge is 0.481 e. The maximum absolute atomic E-state index is 11.7. The van der Waals surface area contributed by atoms with E-state index in [2.05, 4.69) is 21.5 Å². The van der Waals surface area contributed by atoms with Crippen LogP contribution in [0.15, 0.2) is 23.3 Å². The molecule has 0 aromatic carbocycles. The fourth-order valence-corrected chi connectivity index (χ4v) is 2.95. The number of carbonyl (C=O) groups is 2. The lowest BCUT2D eigenvalue weighted by Crippen LogP contribution is -2.17. The Morgan fingerprint density at radius 2 is 1.93 bits per heavy atom. The van der Waals surface area contributed by atoms with Crippen molar-refractivity contribution in [1.29, 1.82) is 0 Å². The number of rotatable bonds is 5. The predicted octanol–water partition coefficient (Wildman–Crippen LogP) is -0.892. The number of anilines is 1. The van der Waals surface area contributed by atoms with Gasteiger partial charge in [0.1, 0.15) is 0 Å². The van der Waals surface area contributed by atoms with Gasteiger partial charge < -0.3 is 30.7 Å². The summed E-state index contributed by atoms with van der Waals surface area (Å²) in [5.74, 6) is -2.52. The van der Waals surface area contributed by atoms with Crippen LogP contribution in [0, 0.1) is 5.92 Å². The third kappa shape index (κ3) is 4.53. The molecule has 28 heavy (non-hydrogen) atoms. The molecule has 2 aromatic rings. The molecule has 0 unspecified atom stereocenters. The number of nitrogen functional groups attached to an aromatic ring is 1. The highest BCUT2D eigenvalue weighted by Crippen LogP contribution is 2.39. The number of carboxylic acids is 2. The fourth-order valence-electron chi connectivity index (χ4n) is 2.95. The van der Waals surface area contributed by atoms with E-state index in [1.807, 2.05) is 0 Å². The molecule has 1 aliphatic carbocycles. The number of nitrogens with two attached hydrogens (primary N) is 1. The minimum absolute atomic E-state index is 0.00659. The van der Waals surface area contributed by atoms with Gasteiger partial charge >= 0.3 is 11.9 Å². The SMILES string of the molecule is C=C1[C@H](CO)[C@@H](O)C[C@@H]1n1cnc2c(=O)[nH]c(N)nc21.O=C(O)CCC(=O)O. The van der Waals surface area contributed by atoms with E-state index in [9.17, 15) is 24.6 Å². The molecule has 12 heteroatoms. The van der Waals surface area contributed by atoms with Crippen molar-refractivity contribution in [2.24, 2.45) is 5.92 Å². The summed E-state index contributed by atoms with van der Waals surface area (Å²) in [5, 5.41) is 35.0. The summed E-state index contributed by atoms with van der Waals surface area (Å²) in [5.41, 5.74) is 6.37. The summed E-state index contributed by atoms with van der Waals surface area (Å²) in [6.45, 7) is 3.76. The van der Waals surface area contributed by atoms with Gasteiger partial charge in [0, 0.05) is 5.92 Å². The monoisotopic (exact) mass is 395 g/mol. The van der Waals surface area contributed by atoms with Crippen molar-refractivity contribution >= 4 is 29.1 Å². The van der Waals surface area contributed by atoms with Gasteiger partial charge in [-0.3, -0.25) is 19.4 Å². The number of nitrogens with zero attached hydrogens (tertiary/aromatic N) is 3. The van der Waals surface area contributed by atoms with E-state index in [1.165, 1.54) is 6.33 Å². The summed E-state index contributed by atoms with van der Waals surface area (Å²) in [4.78, 5) is 41.5. The maximum atomic E-state index is 11.7. The number of fused-ring (bicyclic) bond motifs is 1. The first-order valence-electron chi connectivity index (χ1n) is 8.29. The van der Waals surface area contributed by atoms with Gasteiger partial charge in [0.05, 0.1) is 37.9 Å². The fraction of sp³-hybridized carbons (Fsp3) is 0.438. The second-order valence-electron chi connectivity index (χ2n) is 6.25. The van der Waals surface area contributed by atoms with Crippen molar-refractivity contribution in [3.63, 3.8) is 0 Å². The lowest BCUT2D eigenvalue weighted by Gasteiger charge is -2.15. The third-order valence-corrected chi connectivity index (χ3v) is 4.37. The third-order valence-electron chi connectivity index (χ3n) is 4.37. The van der Waals surface area contributed by atoms with Crippen molar-refractivity contribution in [2.75, 3.05) is 12.3 Å². The van der Waals surface area contributed by atoms with E-state index in [-0.39, 0.29) is 42.9 Å². The Morgan fingerprint density at radius 3 is 2.43 bits per heavy atom. The van der Waals surface area contributed by atoms with E-state index in [0.717, 1.165) is 0 Å². The molecule has 0 saturated heterocycles. The van der Waals surface area contributed by atoms with E-state index in [0.29, 0.717) is 17.6 Å². The van der Waals surface area contributed by atoms with Crippen LogP contribution in [0.2, 0.25) is 0 Å². The Kier molecular flexibility index (Phi) is 6.49. The number of aliphatic hydroxyl groups is 2. The average Bonchev–Trinajstić information content (AvgIpc) is 3.14. The number of nitrogens with one attached hydrogen (secondary N) is 1. The summed E-state index contributed by atoms with van der Waals surface area (Å²) in [6.07, 6.45) is 0.609. The molecule has 0 radical (unpaired) electrons. The Hall–Kier alpha value is -3.25. The first-order valence-corrected chi connectivity index (χ1v) is 8.29. The molecule has 7 N–H and O–H groups in total. The summed E-state index contributed by atoms with van der Waals surface area (Å²) in [6, 6.07) is -0.263. The Bertz CT molecular complexity index is 936. The van der Waals surface area contributed by atoms with Crippen LogP contribution in [0.5, 0.6) is 0 Å². The summed E-state index contributed by atoms with van der Waals surface area (Å²) in [7, 11) is 0. The smallest absolute Gasteiger partial charge is 0.303 e. The number of aromatic amines is 1. The van der Waals surface area contributed by atoms with Crippen molar-refractivity contribution in [3.8, 4) is 0 Å². The number of hydrogen-bond donors (Lipinski definition) is 6. The highest BCUT2D eigenvalue weighted by Gasteiger charge is 2.37. The Labute approximate surface area is 158 Å². The molecule has 152 valence electrons. The maximum Gasteiger partial charge on any atom is 0.303 e. The zero-order valence-corrected chi connectivity index (χ0v) is 14.8. The minimum Gasteiger partial charge on any atom is -0.481 e. The molecule has 2 aromatic heterocycles. The molecule has 12 nitrogen and oxygen atoms in total. The molecule has 1 saturated carbocycles. The topological polar surface area (TPSA) is 205 Å². The predicted molar refractivity (Wildman–Crippen MR) is 96.4 cm³/mol. The standard InChI is InChI=1S/C12H15N5O3.C4H6O4/c1-5-6(3-18)8(19)2-7(5)17-4-14-9-10(17)15-12(13)16-11(9)20;5-3(6)1-2-4(7)8/h4,6-8,18-19H,1-3H2,(H3,13,15,16,20);1-2H2,(H,5,6)(H,7,8)/t6-,7-,8-;/m0./s1. The van der Waals surface area contributed by atoms with Gasteiger partial charge in [-0.05, 0) is 12.0 Å². The molecule has 0 spiro atoms. The van der Waals surface area contributed by atoms with Gasteiger partial charge in [0.2, 0.25) is 5.95 Å². The van der Waals surface area contributed by atoms with Gasteiger partial charge in [0.25, 0.3) is 5.56 Å². The van der Waals surface area contributed by atoms with Gasteiger partial charge in [0.15, 0.2) is 11.2 Å². The number of aliphatic hydroxyl groups excluding tert-OH is 2. The molecular formula is C16H21N5O7. The van der Waals surface area contributed by atoms with Gasteiger partial charge in [-0.25, -0.2) is 4.98 Å². The van der Waals surface area contributed by atoms with Crippen LogP contribution in [-0.2, 0) is 9.59 Å². The van der Waals surface area contributed by atoms with E-state index < -0.39 is 23.6 Å². The van der Waals surface area contributed by atoms with Crippen LogP contribution in [0.4, 0.5) is 5.95 Å². The van der Waals surface area contributed by atoms with Crippen LogP contribution in [-0.4, -0.2) is 64.6 Å². The summed E-state index contributed by atoms with van der Waals surface area (Å²) >= 11 is 0. The molecule has 2 heterocycles. The second kappa shape index (κ2) is 8.63. The molecular weight excluding hydrogens is 374 g/mol. The minimum atomic E-state index is -1.08. The van der Waals surface area contributed by atoms with E-state index in [4.69, 9.17) is 15.9 Å². The first kappa shape index (κ1) is 21.1. The summed E-state index contributed by atoms with van der Waals surface area (Å²) < 4.78 is 1.67. The first-order chi connectivity index (χ1) is 13.1. The van der Waals surface area contributed by atoms with Crippen LogP contribution >= 0.6 is 0 Å². The van der Waals surface area contributed by atoms with Gasteiger partial charge in [-0.2, -0.15) is 4.98 Å². The highest BCUT2D eigenvalue weighted by atomic mass is 16.4. The van der Waals surface area contributed by atoms with Crippen LogP contribution in [0.25, 0.3) is 11.2 Å². The molecule has 3 rings (SSSR count). The van der Waals surface area contributed by atoms with Gasteiger partial charge in [-0.1, -0.05) is 6.58 Å². The van der Waals surface area contributed by atoms with E-state index >= 15 is 0 Å². The number of hydrogen-bond acceptors (Lipinski definition) is 8. The van der Waals surface area contributed by atoms with Crippen molar-refractivity contribution < 1.29 is 30.0 Å². The number of carboxylic acid groups (broad SMARTS) is 2. The Morgan fingerprint density at radius 1 is 1.32 bits per heavy atom. The highest BCUT2D eigenvalue weighted by molar-refractivity contribution is 5.75. The van der Waals surface area contributed by atoms with Gasteiger partial charge in [-0.15, -0.1) is 0 Å². The molecule has 1 fully saturated rings. The number of aromatic nitrogens is 4. The lowest BCUT2D eigenvalue weighted by atomic mass is 10.0. The van der Waals surface area contributed by atoms with Crippen LogP contribution in [0.1, 0.15) is 25.3 Å². The molecule has 0 amide bonds. The zero-order chi connectivity index (χ0) is 21.0. The van der Waals surface area contributed by atoms with Crippen LogP contribution < -0.4 is 11.3 Å². The van der Waals surface area contributed by atoms with Crippen molar-refractivity contribution in [3.05, 3.63) is 28.8 Å². The normalized spacial score (nSPS) is 21.4. The van der Waals surface area contributed by atoms with Crippen molar-refractivity contribution in [2.45, 2.75) is 31.4 Å². The number of H-pyrrole nitrogens is 1. The number of aliphatic carboxylic acids is 2. The number of imidazole rings is 1. The molecule has 3 atom stereocenters. The van der Waals surface area contributed by atoms with Crippen LogP contribution in [0.3, 0.4) is 0 Å². The molecule has 0 aliphatic heterocycles. The molecule has 1 aliphatic rings. The van der Waals surface area contributed by atoms with Crippen molar-refractivity contribution in [1.82, 2.24) is 19.5 Å². The Balaban J connectivity index is 0.000000300.